The monoisotopic (exact) mass is 353 g/mol. The van der Waals surface area contributed by atoms with E-state index in [-0.39, 0.29) is 6.03 Å². The van der Waals surface area contributed by atoms with Gasteiger partial charge in [0.2, 0.25) is 0 Å². The van der Waals surface area contributed by atoms with E-state index >= 15 is 0 Å². The van der Waals surface area contributed by atoms with Gasteiger partial charge in [0.25, 0.3) is 0 Å². The molecular weight excluding hydrogens is 326 g/mol. The fourth-order valence-electron chi connectivity index (χ4n) is 3.18. The molecule has 1 aliphatic heterocycles. The predicted molar refractivity (Wildman–Crippen MR) is 105 cm³/mol. The van der Waals surface area contributed by atoms with E-state index in [1.165, 1.54) is 5.56 Å². The molecule has 0 radical (unpaired) electrons. The van der Waals surface area contributed by atoms with Crippen molar-refractivity contribution in [3.63, 3.8) is 0 Å². The van der Waals surface area contributed by atoms with Crippen LogP contribution in [0.25, 0.3) is 0 Å². The minimum absolute atomic E-state index is 0.0309. The van der Waals surface area contributed by atoms with Crippen LogP contribution in [0.15, 0.2) is 48.5 Å². The van der Waals surface area contributed by atoms with Crippen molar-refractivity contribution in [2.45, 2.75) is 20.4 Å². The summed E-state index contributed by atoms with van der Waals surface area (Å²) in [5.74, 6) is 0.831. The van der Waals surface area contributed by atoms with Crippen LogP contribution in [0.4, 0.5) is 10.5 Å². The zero-order chi connectivity index (χ0) is 18.4. The summed E-state index contributed by atoms with van der Waals surface area (Å²) in [6, 6.07) is 16.2. The summed E-state index contributed by atoms with van der Waals surface area (Å²) in [6.07, 6.45) is 0. The number of ether oxygens (including phenoxy) is 1. The van der Waals surface area contributed by atoms with Gasteiger partial charge in [0.15, 0.2) is 0 Å². The van der Waals surface area contributed by atoms with Crippen LogP contribution in [-0.2, 0) is 6.54 Å². The molecule has 0 aliphatic carbocycles. The van der Waals surface area contributed by atoms with Crippen LogP contribution in [0, 0.1) is 6.92 Å². The number of hydrogen-bond donors (Lipinski definition) is 1. The maximum Gasteiger partial charge on any atom is 0.321 e. The van der Waals surface area contributed by atoms with Crippen LogP contribution in [0.2, 0.25) is 0 Å². The number of amides is 2. The Kier molecular flexibility index (Phi) is 6.12. The highest BCUT2D eigenvalue weighted by atomic mass is 16.5. The number of nitrogens with zero attached hydrogens (tertiary/aromatic N) is 2. The van der Waals surface area contributed by atoms with Gasteiger partial charge in [-0.1, -0.05) is 30.3 Å². The van der Waals surface area contributed by atoms with Gasteiger partial charge in [0, 0.05) is 38.4 Å². The van der Waals surface area contributed by atoms with Crippen molar-refractivity contribution in [3.8, 4) is 5.75 Å². The fraction of sp³-hybridized carbons (Fsp3) is 0.381. The number of urea groups is 1. The molecule has 1 heterocycles. The van der Waals surface area contributed by atoms with Crippen LogP contribution >= 0.6 is 0 Å². The van der Waals surface area contributed by atoms with Crippen molar-refractivity contribution >= 4 is 11.7 Å². The minimum atomic E-state index is -0.0309. The molecule has 2 aromatic rings. The average molecular weight is 353 g/mol. The lowest BCUT2D eigenvalue weighted by molar-refractivity contribution is 0.143. The van der Waals surface area contributed by atoms with Crippen LogP contribution in [-0.4, -0.2) is 48.6 Å². The number of benzene rings is 2. The average Bonchev–Trinajstić information content (AvgIpc) is 2.65. The van der Waals surface area contributed by atoms with E-state index in [9.17, 15) is 4.79 Å². The fourth-order valence-corrected chi connectivity index (χ4v) is 3.18. The standard InChI is InChI=1S/C21H27N3O2/c1-3-26-19-9-10-20(17(2)15-19)22-21(25)24-13-11-23(12-14-24)16-18-7-5-4-6-8-18/h4-10,15H,3,11-14,16H2,1-2H3,(H,22,25). The highest BCUT2D eigenvalue weighted by Gasteiger charge is 2.21. The second-order valence-corrected chi connectivity index (χ2v) is 6.59. The van der Waals surface area contributed by atoms with Crippen molar-refractivity contribution in [3.05, 3.63) is 59.7 Å². The lowest BCUT2D eigenvalue weighted by atomic mass is 10.2. The molecule has 1 fully saturated rings. The summed E-state index contributed by atoms with van der Waals surface area (Å²) in [5, 5.41) is 3.03. The predicted octanol–water partition coefficient (Wildman–Crippen LogP) is 3.74. The highest BCUT2D eigenvalue weighted by molar-refractivity contribution is 5.90. The first kappa shape index (κ1) is 18.3. The molecule has 0 atom stereocenters. The van der Waals surface area contributed by atoms with E-state index in [0.29, 0.717) is 6.61 Å². The van der Waals surface area contributed by atoms with E-state index in [1.807, 2.05) is 43.0 Å². The Balaban J connectivity index is 1.51. The van der Waals surface area contributed by atoms with Crippen molar-refractivity contribution in [2.24, 2.45) is 0 Å². The van der Waals surface area contributed by atoms with E-state index in [1.54, 1.807) is 0 Å². The molecule has 1 aliphatic rings. The second kappa shape index (κ2) is 8.72. The smallest absolute Gasteiger partial charge is 0.321 e. The summed E-state index contributed by atoms with van der Waals surface area (Å²) in [4.78, 5) is 16.8. The number of hydrogen-bond acceptors (Lipinski definition) is 3. The topological polar surface area (TPSA) is 44.8 Å². The van der Waals surface area contributed by atoms with Crippen molar-refractivity contribution < 1.29 is 9.53 Å². The number of aryl methyl sites for hydroxylation is 1. The Morgan fingerprint density at radius 1 is 1.08 bits per heavy atom. The third-order valence-electron chi connectivity index (χ3n) is 4.66. The molecule has 0 bridgehead atoms. The van der Waals surface area contributed by atoms with E-state index in [0.717, 1.165) is 49.7 Å². The number of anilines is 1. The Morgan fingerprint density at radius 2 is 1.81 bits per heavy atom. The van der Waals surface area contributed by atoms with Gasteiger partial charge in [-0.05, 0) is 43.2 Å². The first-order chi connectivity index (χ1) is 12.7. The highest BCUT2D eigenvalue weighted by Crippen LogP contribution is 2.22. The molecule has 0 unspecified atom stereocenters. The first-order valence-corrected chi connectivity index (χ1v) is 9.21. The van der Waals surface area contributed by atoms with Gasteiger partial charge in [-0.3, -0.25) is 4.90 Å². The van der Waals surface area contributed by atoms with Crippen LogP contribution in [0.5, 0.6) is 5.75 Å². The maximum absolute atomic E-state index is 12.6. The van der Waals surface area contributed by atoms with Gasteiger partial charge in [0.1, 0.15) is 5.75 Å². The summed E-state index contributed by atoms with van der Waals surface area (Å²) in [5.41, 5.74) is 3.16. The van der Waals surface area contributed by atoms with Crippen LogP contribution < -0.4 is 10.1 Å². The van der Waals surface area contributed by atoms with Gasteiger partial charge in [-0.25, -0.2) is 4.79 Å². The first-order valence-electron chi connectivity index (χ1n) is 9.21. The van der Waals surface area contributed by atoms with Gasteiger partial charge in [-0.15, -0.1) is 0 Å². The molecule has 138 valence electrons. The zero-order valence-electron chi connectivity index (χ0n) is 15.6. The molecule has 2 aromatic carbocycles. The largest absolute Gasteiger partial charge is 0.494 e. The maximum atomic E-state index is 12.6. The number of rotatable bonds is 5. The molecule has 2 amide bonds. The number of piperazine rings is 1. The van der Waals surface area contributed by atoms with Crippen LogP contribution in [0.1, 0.15) is 18.1 Å². The number of nitrogens with one attached hydrogen (secondary N) is 1. The molecule has 26 heavy (non-hydrogen) atoms. The normalized spacial score (nSPS) is 14.9. The van der Waals surface area contributed by atoms with Gasteiger partial charge in [0.05, 0.1) is 6.61 Å². The minimum Gasteiger partial charge on any atom is -0.494 e. The quantitative estimate of drug-likeness (QED) is 0.890. The van der Waals surface area contributed by atoms with Crippen LogP contribution in [0.3, 0.4) is 0 Å². The number of carbonyl (C=O) groups is 1. The molecule has 5 heteroatoms. The third-order valence-corrected chi connectivity index (χ3v) is 4.66. The second-order valence-electron chi connectivity index (χ2n) is 6.59. The Labute approximate surface area is 155 Å². The summed E-state index contributed by atoms with van der Waals surface area (Å²) in [6.45, 7) is 8.80. The summed E-state index contributed by atoms with van der Waals surface area (Å²) in [7, 11) is 0. The molecule has 0 spiro atoms. The molecular formula is C21H27N3O2. The van der Waals surface area contributed by atoms with Crippen molar-refractivity contribution in [1.29, 1.82) is 0 Å². The zero-order valence-corrected chi connectivity index (χ0v) is 15.6. The molecule has 1 N–H and O–H groups in total. The lowest BCUT2D eigenvalue weighted by Gasteiger charge is -2.34. The molecule has 1 saturated heterocycles. The molecule has 0 aromatic heterocycles. The Bertz CT molecular complexity index is 725. The van der Waals surface area contributed by atoms with Gasteiger partial charge < -0.3 is 15.0 Å². The Morgan fingerprint density at radius 3 is 2.46 bits per heavy atom. The molecule has 3 rings (SSSR count). The SMILES string of the molecule is CCOc1ccc(NC(=O)N2CCN(Cc3ccccc3)CC2)c(C)c1. The van der Waals surface area contributed by atoms with Crippen molar-refractivity contribution in [1.82, 2.24) is 9.80 Å². The third kappa shape index (κ3) is 4.76. The van der Waals surface area contributed by atoms with Crippen molar-refractivity contribution in [2.75, 3.05) is 38.1 Å². The number of carbonyl (C=O) groups excluding carboxylic acids is 1. The van der Waals surface area contributed by atoms with E-state index in [4.69, 9.17) is 4.74 Å². The summed E-state index contributed by atoms with van der Waals surface area (Å²) < 4.78 is 5.49. The molecule has 5 nitrogen and oxygen atoms in total. The van der Waals surface area contributed by atoms with E-state index in [2.05, 4.69) is 34.5 Å². The molecule has 0 saturated carbocycles. The van der Waals surface area contributed by atoms with Gasteiger partial charge >= 0.3 is 6.03 Å². The lowest BCUT2D eigenvalue weighted by Crippen LogP contribution is -2.49. The summed E-state index contributed by atoms with van der Waals surface area (Å²) >= 11 is 0. The van der Waals surface area contributed by atoms with Gasteiger partial charge in [-0.2, -0.15) is 0 Å². The van der Waals surface area contributed by atoms with E-state index < -0.39 is 0 Å². The Hall–Kier alpha value is -2.53.